The first-order valence-electron chi connectivity index (χ1n) is 6.69. The number of aromatic nitrogens is 1. The second-order valence-corrected chi connectivity index (χ2v) is 6.68. The van der Waals surface area contributed by atoms with Crippen LogP contribution in [-0.2, 0) is 5.79 Å². The average molecular weight is 375 g/mol. The van der Waals surface area contributed by atoms with Crippen LogP contribution in [0.25, 0.3) is 11.3 Å². The summed E-state index contributed by atoms with van der Waals surface area (Å²) in [6.07, 6.45) is 0. The van der Waals surface area contributed by atoms with Crippen molar-refractivity contribution in [2.75, 3.05) is 0 Å². The molecule has 0 aliphatic rings. The molecule has 0 spiro atoms. The van der Waals surface area contributed by atoms with Crippen LogP contribution in [0.15, 0.2) is 59.5 Å². The van der Waals surface area contributed by atoms with Crippen molar-refractivity contribution in [3.8, 4) is 11.3 Å². The molecule has 0 atom stereocenters. The molecule has 116 valence electrons. The third-order valence-electron chi connectivity index (χ3n) is 3.35. The molecule has 1 aromatic heterocycles. The van der Waals surface area contributed by atoms with E-state index in [1.807, 2.05) is 4.94 Å². The van der Waals surface area contributed by atoms with Gasteiger partial charge in [0.25, 0.3) is 0 Å². The van der Waals surface area contributed by atoms with Crippen molar-refractivity contribution in [3.63, 3.8) is 0 Å². The molecule has 0 fully saturated rings. The number of rotatable bonds is 4. The summed E-state index contributed by atoms with van der Waals surface area (Å²) in [6.45, 7) is 0. The normalized spacial score (nSPS) is 11.4. The molecule has 7 heteroatoms. The van der Waals surface area contributed by atoms with Crippen molar-refractivity contribution in [3.05, 3.63) is 79.8 Å². The van der Waals surface area contributed by atoms with Crippen LogP contribution in [0.4, 0.5) is 5.69 Å². The Labute approximate surface area is 137 Å². The van der Waals surface area contributed by atoms with Gasteiger partial charge in [-0.1, -0.05) is 0 Å². The molecule has 6 nitrogen and oxygen atoms in total. The Balaban J connectivity index is 1.92. The van der Waals surface area contributed by atoms with Crippen molar-refractivity contribution in [2.45, 2.75) is 5.79 Å². The monoisotopic (exact) mass is 376 g/mol. The van der Waals surface area contributed by atoms with E-state index in [0.29, 0.717) is 16.8 Å². The van der Waals surface area contributed by atoms with E-state index in [9.17, 15) is 20.3 Å². The van der Waals surface area contributed by atoms with Crippen LogP contribution in [0.3, 0.4) is 0 Å². The van der Waals surface area contributed by atoms with Crippen LogP contribution in [0.2, 0.25) is 0 Å². The third-order valence-corrected chi connectivity index (χ3v) is 5.33. The summed E-state index contributed by atoms with van der Waals surface area (Å²) < 4.78 is 0.282. The number of aliphatic hydroxyl groups is 2. The van der Waals surface area contributed by atoms with Gasteiger partial charge in [0.2, 0.25) is 0 Å². The molecule has 0 radical (unpaired) electrons. The zero-order valence-electron chi connectivity index (χ0n) is 11.8. The van der Waals surface area contributed by atoms with Crippen LogP contribution >= 0.6 is 0 Å². The number of non-ortho nitro benzene ring substituents is 1. The third kappa shape index (κ3) is 3.08. The molecule has 3 rings (SSSR count). The molecule has 0 amide bonds. The Kier molecular flexibility index (Phi) is 4.10. The van der Waals surface area contributed by atoms with Crippen molar-refractivity contribution in [2.24, 2.45) is 0 Å². The Bertz CT molecular complexity index is 829. The van der Waals surface area contributed by atoms with Gasteiger partial charge in [-0.05, 0) is 0 Å². The molecule has 0 saturated carbocycles. The molecule has 2 N–H and O–H groups in total. The van der Waals surface area contributed by atoms with Gasteiger partial charge in [0, 0.05) is 0 Å². The topological polar surface area (TPSA) is 96.5 Å². The number of nitro benzene ring substituents is 1. The number of hydrogen-bond acceptors (Lipinski definition) is 5. The standard InChI is InChI=1S/C16H12N2O4Se/c19-16(20,12-4-2-1-3-5-12)15-17-14(10-23-15)11-6-8-13(9-7-11)18(21)22/h1-10,19-20H. The van der Waals surface area contributed by atoms with Crippen molar-refractivity contribution >= 4 is 20.2 Å². The van der Waals surface area contributed by atoms with Gasteiger partial charge in [-0.2, -0.15) is 0 Å². The molecule has 0 bridgehead atoms. The number of nitro groups is 1. The first-order valence-corrected chi connectivity index (χ1v) is 8.54. The molecule has 1 heterocycles. The second kappa shape index (κ2) is 6.06. The fourth-order valence-electron chi connectivity index (χ4n) is 2.11. The molecule has 0 aliphatic carbocycles. The molecule has 0 aliphatic heterocycles. The zero-order valence-corrected chi connectivity index (χ0v) is 13.5. The maximum absolute atomic E-state index is 10.7. The van der Waals surface area contributed by atoms with Gasteiger partial charge < -0.3 is 0 Å². The van der Waals surface area contributed by atoms with E-state index in [2.05, 4.69) is 4.98 Å². The van der Waals surface area contributed by atoms with Gasteiger partial charge in [-0.15, -0.1) is 0 Å². The molecule has 2 aromatic carbocycles. The van der Waals surface area contributed by atoms with E-state index < -0.39 is 10.7 Å². The van der Waals surface area contributed by atoms with Gasteiger partial charge in [0.1, 0.15) is 0 Å². The summed E-state index contributed by atoms with van der Waals surface area (Å²) in [4.78, 5) is 16.4. The Hall–Kier alpha value is -2.31. The summed E-state index contributed by atoms with van der Waals surface area (Å²) >= 11 is -0.309. The van der Waals surface area contributed by atoms with Gasteiger partial charge >= 0.3 is 137 Å². The predicted molar refractivity (Wildman–Crippen MR) is 84.9 cm³/mol. The quantitative estimate of drug-likeness (QED) is 0.314. The summed E-state index contributed by atoms with van der Waals surface area (Å²) in [7, 11) is 0. The van der Waals surface area contributed by atoms with Gasteiger partial charge in [-0.25, -0.2) is 0 Å². The molecule has 23 heavy (non-hydrogen) atoms. The summed E-state index contributed by atoms with van der Waals surface area (Å²) in [5, 5.41) is 31.4. The SMILES string of the molecule is O=[N+]([O-])c1ccc(-c2c[se]c(C(O)(O)c3ccccc3)n2)cc1. The van der Waals surface area contributed by atoms with Crippen LogP contribution in [0.5, 0.6) is 0 Å². The molecular formula is C16H12N2O4Se. The van der Waals surface area contributed by atoms with E-state index >= 15 is 0 Å². The van der Waals surface area contributed by atoms with Crippen molar-refractivity contribution in [1.29, 1.82) is 0 Å². The van der Waals surface area contributed by atoms with E-state index in [4.69, 9.17) is 0 Å². The van der Waals surface area contributed by atoms with E-state index in [-0.39, 0.29) is 24.8 Å². The van der Waals surface area contributed by atoms with E-state index in [0.717, 1.165) is 0 Å². The number of benzene rings is 2. The van der Waals surface area contributed by atoms with Gasteiger partial charge in [0.05, 0.1) is 0 Å². The van der Waals surface area contributed by atoms with Gasteiger partial charge in [-0.3, -0.25) is 0 Å². The average Bonchev–Trinajstić information content (AvgIpc) is 3.06. The zero-order chi connectivity index (χ0) is 16.4. The minimum atomic E-state index is -2.11. The molecule has 0 saturated heterocycles. The Morgan fingerprint density at radius 1 is 1.04 bits per heavy atom. The first-order chi connectivity index (χ1) is 11.0. The van der Waals surface area contributed by atoms with Gasteiger partial charge in [0.15, 0.2) is 0 Å². The van der Waals surface area contributed by atoms with Crippen LogP contribution in [-0.4, -0.2) is 34.6 Å². The Morgan fingerprint density at radius 2 is 1.70 bits per heavy atom. The van der Waals surface area contributed by atoms with Crippen molar-refractivity contribution < 1.29 is 15.1 Å². The summed E-state index contributed by atoms with van der Waals surface area (Å²) in [5.41, 5.74) is 1.67. The van der Waals surface area contributed by atoms with E-state index in [1.54, 1.807) is 42.5 Å². The fourth-order valence-corrected chi connectivity index (χ4v) is 3.89. The second-order valence-electron chi connectivity index (χ2n) is 4.88. The molecular weight excluding hydrogens is 363 g/mol. The summed E-state index contributed by atoms with van der Waals surface area (Å²) in [6, 6.07) is 14.5. The molecule has 3 aromatic rings. The first kappa shape index (κ1) is 15.6. The maximum atomic E-state index is 10.7. The fraction of sp³-hybridized carbons (Fsp3) is 0.0625. The van der Waals surface area contributed by atoms with Crippen molar-refractivity contribution in [1.82, 2.24) is 4.98 Å². The Morgan fingerprint density at radius 3 is 2.30 bits per heavy atom. The summed E-state index contributed by atoms with van der Waals surface area (Å²) in [5.74, 6) is -2.11. The minimum absolute atomic E-state index is 0.00464. The van der Waals surface area contributed by atoms with E-state index in [1.165, 1.54) is 12.1 Å². The van der Waals surface area contributed by atoms with Crippen LogP contribution < -0.4 is 0 Å². The van der Waals surface area contributed by atoms with Crippen LogP contribution in [0.1, 0.15) is 10.1 Å². The number of hydrogen-bond donors (Lipinski definition) is 2. The van der Waals surface area contributed by atoms with Crippen LogP contribution in [0, 0.1) is 10.1 Å². The molecule has 0 unspecified atom stereocenters. The number of nitrogens with zero attached hydrogens (tertiary/aromatic N) is 2. The predicted octanol–water partition coefficient (Wildman–Crippen LogP) is 1.90.